The maximum Gasteiger partial charge on any atom is 0.0731 e. The van der Waals surface area contributed by atoms with Crippen molar-refractivity contribution in [1.29, 1.82) is 0 Å². The van der Waals surface area contributed by atoms with Gasteiger partial charge in [0.2, 0.25) is 0 Å². The van der Waals surface area contributed by atoms with Gasteiger partial charge in [0.25, 0.3) is 0 Å². The molecule has 0 fully saturated rings. The van der Waals surface area contributed by atoms with Crippen molar-refractivity contribution in [3.05, 3.63) is 11.8 Å². The summed E-state index contributed by atoms with van der Waals surface area (Å²) in [6, 6.07) is 0. The van der Waals surface area contributed by atoms with E-state index in [1.54, 1.807) is 0 Å². The van der Waals surface area contributed by atoms with E-state index >= 15 is 0 Å². The topological polar surface area (TPSA) is 24.1 Å². The molecule has 0 spiro atoms. The highest BCUT2D eigenvalue weighted by Gasteiger charge is 2.02. The molecule has 0 aromatic carbocycles. The van der Waals surface area contributed by atoms with Gasteiger partial charge < -0.3 is 10.6 Å². The average Bonchev–Trinajstić information content (AvgIpc) is 2.04. The molecular weight excluding hydrogens is 172 g/mol. The minimum atomic E-state index is 0.117. The van der Waals surface area contributed by atoms with Crippen LogP contribution in [0.5, 0.6) is 0 Å². The second-order valence-electron chi connectivity index (χ2n) is 2.87. The van der Waals surface area contributed by atoms with Crippen LogP contribution in [0, 0.1) is 0 Å². The van der Waals surface area contributed by atoms with Crippen molar-refractivity contribution in [3.8, 4) is 0 Å². The van der Waals surface area contributed by atoms with Crippen LogP contribution in [-0.2, 0) is 0 Å². The van der Waals surface area contributed by atoms with Crippen molar-refractivity contribution in [2.75, 3.05) is 7.05 Å². The van der Waals surface area contributed by atoms with E-state index in [1.807, 2.05) is 20.2 Å². The Labute approximate surface area is 80.4 Å². The fourth-order valence-corrected chi connectivity index (χ4v) is 1.03. The van der Waals surface area contributed by atoms with Crippen molar-refractivity contribution in [3.63, 3.8) is 0 Å². The molecule has 2 N–H and O–H groups in total. The van der Waals surface area contributed by atoms with Gasteiger partial charge in [-0.2, -0.15) is 0 Å². The Balaban J connectivity index is 3.94. The lowest BCUT2D eigenvalue weighted by molar-refractivity contribution is 0.555. The van der Waals surface area contributed by atoms with Gasteiger partial charge in [0, 0.05) is 0 Å². The van der Waals surface area contributed by atoms with Gasteiger partial charge in [-0.25, -0.2) is 0 Å². The second kappa shape index (κ2) is 6.32. The number of hydrogen-bond acceptors (Lipinski definition) is 2. The Bertz CT molecular complexity index is 143. The molecule has 0 aromatic heterocycles. The first-order chi connectivity index (χ1) is 5.61. The van der Waals surface area contributed by atoms with Crippen molar-refractivity contribution in [1.82, 2.24) is 10.6 Å². The number of alkyl halides is 1. The maximum absolute atomic E-state index is 5.94. The molecule has 0 aliphatic heterocycles. The SMILES string of the molecule is CC/C(=C/NC(C)NC)C(C)Cl. The number of nitrogens with one attached hydrogen (secondary N) is 2. The van der Waals surface area contributed by atoms with Crippen molar-refractivity contribution in [2.24, 2.45) is 0 Å². The standard InChI is InChI=1S/C9H19ClN2/c1-5-9(7(2)10)6-12-8(3)11-4/h6-8,11-12H,5H2,1-4H3/b9-6-. The van der Waals surface area contributed by atoms with Crippen LogP contribution < -0.4 is 10.6 Å². The number of hydrogen-bond donors (Lipinski definition) is 2. The normalized spacial score (nSPS) is 17.2. The predicted molar refractivity (Wildman–Crippen MR) is 55.3 cm³/mol. The highest BCUT2D eigenvalue weighted by Crippen LogP contribution is 2.11. The van der Waals surface area contributed by atoms with E-state index in [9.17, 15) is 0 Å². The van der Waals surface area contributed by atoms with Crippen LogP contribution in [0.2, 0.25) is 0 Å². The maximum atomic E-state index is 5.94. The summed E-state index contributed by atoms with van der Waals surface area (Å²) in [5, 5.41) is 6.41. The highest BCUT2D eigenvalue weighted by atomic mass is 35.5. The van der Waals surface area contributed by atoms with Crippen molar-refractivity contribution < 1.29 is 0 Å². The van der Waals surface area contributed by atoms with Crippen LogP contribution in [0.25, 0.3) is 0 Å². The fourth-order valence-electron chi connectivity index (χ4n) is 0.814. The van der Waals surface area contributed by atoms with Crippen LogP contribution in [-0.4, -0.2) is 18.6 Å². The molecular formula is C9H19ClN2. The fraction of sp³-hybridized carbons (Fsp3) is 0.778. The highest BCUT2D eigenvalue weighted by molar-refractivity contribution is 6.22. The lowest BCUT2D eigenvalue weighted by Crippen LogP contribution is -2.34. The number of allylic oxidation sites excluding steroid dienone is 1. The van der Waals surface area contributed by atoms with Crippen LogP contribution >= 0.6 is 11.6 Å². The predicted octanol–water partition coefficient (Wildman–Crippen LogP) is 2.06. The third kappa shape index (κ3) is 4.62. The molecule has 2 unspecified atom stereocenters. The Morgan fingerprint density at radius 3 is 2.42 bits per heavy atom. The summed E-state index contributed by atoms with van der Waals surface area (Å²) >= 11 is 5.94. The Morgan fingerprint density at radius 1 is 1.50 bits per heavy atom. The zero-order valence-corrected chi connectivity index (χ0v) is 9.07. The van der Waals surface area contributed by atoms with E-state index in [0.717, 1.165) is 6.42 Å². The molecule has 0 bridgehead atoms. The summed E-state index contributed by atoms with van der Waals surface area (Å²) in [5.74, 6) is 0. The molecule has 2 nitrogen and oxygen atoms in total. The first-order valence-corrected chi connectivity index (χ1v) is 4.81. The van der Waals surface area contributed by atoms with E-state index in [-0.39, 0.29) is 5.38 Å². The van der Waals surface area contributed by atoms with E-state index in [0.29, 0.717) is 6.17 Å². The molecule has 72 valence electrons. The summed E-state index contributed by atoms with van der Waals surface area (Å²) in [6.45, 7) is 6.15. The minimum Gasteiger partial charge on any atom is -0.376 e. The van der Waals surface area contributed by atoms with Gasteiger partial charge in [-0.3, -0.25) is 0 Å². The summed E-state index contributed by atoms with van der Waals surface area (Å²) in [5.41, 5.74) is 1.23. The van der Waals surface area contributed by atoms with E-state index in [1.165, 1.54) is 5.57 Å². The molecule has 0 aliphatic carbocycles. The minimum absolute atomic E-state index is 0.117. The summed E-state index contributed by atoms with van der Waals surface area (Å²) in [7, 11) is 1.92. The first kappa shape index (κ1) is 11.8. The summed E-state index contributed by atoms with van der Waals surface area (Å²) in [6.07, 6.45) is 3.29. The molecule has 0 rings (SSSR count). The zero-order valence-electron chi connectivity index (χ0n) is 8.32. The van der Waals surface area contributed by atoms with Crippen LogP contribution in [0.15, 0.2) is 11.8 Å². The molecule has 0 saturated carbocycles. The summed E-state index contributed by atoms with van der Waals surface area (Å²) < 4.78 is 0. The lowest BCUT2D eigenvalue weighted by atomic mass is 10.1. The zero-order chi connectivity index (χ0) is 9.56. The van der Waals surface area contributed by atoms with Gasteiger partial charge in [-0.1, -0.05) is 6.92 Å². The monoisotopic (exact) mass is 190 g/mol. The first-order valence-electron chi connectivity index (χ1n) is 4.38. The molecule has 0 saturated heterocycles. The molecule has 12 heavy (non-hydrogen) atoms. The number of rotatable bonds is 5. The van der Waals surface area contributed by atoms with Gasteiger partial charge in [-0.05, 0) is 39.1 Å². The number of halogens is 1. The summed E-state index contributed by atoms with van der Waals surface area (Å²) in [4.78, 5) is 0. The van der Waals surface area contributed by atoms with Crippen molar-refractivity contribution in [2.45, 2.75) is 38.7 Å². The molecule has 0 heterocycles. The molecule has 3 heteroatoms. The average molecular weight is 191 g/mol. The quantitative estimate of drug-likeness (QED) is 0.513. The molecule has 2 atom stereocenters. The van der Waals surface area contributed by atoms with E-state index in [2.05, 4.69) is 24.5 Å². The van der Waals surface area contributed by atoms with Gasteiger partial charge in [0.15, 0.2) is 0 Å². The third-order valence-electron chi connectivity index (χ3n) is 1.87. The Hall–Kier alpha value is -0.210. The molecule has 0 radical (unpaired) electrons. The second-order valence-corrected chi connectivity index (χ2v) is 3.52. The smallest absolute Gasteiger partial charge is 0.0731 e. The Kier molecular flexibility index (Phi) is 6.21. The van der Waals surface area contributed by atoms with Gasteiger partial charge in [-0.15, -0.1) is 11.6 Å². The Morgan fingerprint density at radius 2 is 2.08 bits per heavy atom. The van der Waals surface area contributed by atoms with Gasteiger partial charge >= 0.3 is 0 Å². The third-order valence-corrected chi connectivity index (χ3v) is 2.15. The van der Waals surface area contributed by atoms with Crippen LogP contribution in [0.3, 0.4) is 0 Å². The van der Waals surface area contributed by atoms with Gasteiger partial charge in [0.1, 0.15) is 0 Å². The lowest BCUT2D eigenvalue weighted by Gasteiger charge is -2.13. The van der Waals surface area contributed by atoms with E-state index in [4.69, 9.17) is 11.6 Å². The van der Waals surface area contributed by atoms with Crippen LogP contribution in [0.1, 0.15) is 27.2 Å². The van der Waals surface area contributed by atoms with Gasteiger partial charge in [0.05, 0.1) is 11.5 Å². The molecule has 0 amide bonds. The molecule has 0 aromatic rings. The van der Waals surface area contributed by atoms with E-state index < -0.39 is 0 Å². The van der Waals surface area contributed by atoms with Crippen LogP contribution in [0.4, 0.5) is 0 Å². The largest absolute Gasteiger partial charge is 0.376 e. The van der Waals surface area contributed by atoms with Crippen molar-refractivity contribution >= 4 is 11.6 Å². The molecule has 0 aliphatic rings.